The highest BCUT2D eigenvalue weighted by Crippen LogP contribution is 2.26. The van der Waals surface area contributed by atoms with Gasteiger partial charge < -0.3 is 10.6 Å². The van der Waals surface area contributed by atoms with Gasteiger partial charge in [-0.25, -0.2) is 9.48 Å². The molecule has 2 heterocycles. The molecule has 156 valence electrons. The molecule has 0 saturated carbocycles. The maximum absolute atomic E-state index is 12.5. The van der Waals surface area contributed by atoms with E-state index in [4.69, 9.17) is 0 Å². The van der Waals surface area contributed by atoms with Gasteiger partial charge in [0.25, 0.3) is 0 Å². The normalized spacial score (nSPS) is 22.1. The molecule has 3 unspecified atom stereocenters. The van der Waals surface area contributed by atoms with Gasteiger partial charge in [-0.1, -0.05) is 58.0 Å². The van der Waals surface area contributed by atoms with Crippen LogP contribution in [-0.4, -0.2) is 27.8 Å². The summed E-state index contributed by atoms with van der Waals surface area (Å²) in [7, 11) is 0. The Bertz CT molecular complexity index is 871. The molecule has 4 N–H and O–H groups in total. The summed E-state index contributed by atoms with van der Waals surface area (Å²) in [4.78, 5) is 24.8. The van der Waals surface area contributed by atoms with Gasteiger partial charge in [0.2, 0.25) is 5.91 Å². The minimum Gasteiger partial charge on any atom is -0.334 e. The number of hydrogen-bond donors (Lipinski definition) is 4. The highest BCUT2D eigenvalue weighted by atomic mass is 16.2. The van der Waals surface area contributed by atoms with Crippen LogP contribution in [-0.2, 0) is 16.8 Å². The first-order valence-corrected chi connectivity index (χ1v) is 9.90. The minimum atomic E-state index is -0.533. The van der Waals surface area contributed by atoms with Crippen LogP contribution in [0.25, 0.3) is 0 Å². The van der Waals surface area contributed by atoms with Crippen LogP contribution in [0.15, 0.2) is 36.4 Å². The minimum absolute atomic E-state index is 0.0178. The molecule has 29 heavy (non-hydrogen) atoms. The molecule has 8 nitrogen and oxygen atoms in total. The average molecular weight is 399 g/mol. The lowest BCUT2D eigenvalue weighted by Gasteiger charge is -2.34. The van der Waals surface area contributed by atoms with Crippen molar-refractivity contribution in [2.75, 3.05) is 5.32 Å². The van der Waals surface area contributed by atoms with Crippen LogP contribution in [0.2, 0.25) is 0 Å². The zero-order chi connectivity index (χ0) is 21.2. The van der Waals surface area contributed by atoms with E-state index in [-0.39, 0.29) is 29.3 Å². The summed E-state index contributed by atoms with van der Waals surface area (Å²) >= 11 is 0. The number of carbonyl (C=O) groups is 2. The summed E-state index contributed by atoms with van der Waals surface area (Å²) in [6.45, 7) is 10.4. The highest BCUT2D eigenvalue weighted by Gasteiger charge is 2.33. The fourth-order valence-corrected chi connectivity index (χ4v) is 3.05. The SMILES string of the molecule is CC1NC(n2nc(C(C)(C)C)cc2NC(=O)NCc2ccccc2)NC(=O)C1C. The van der Waals surface area contributed by atoms with Crippen molar-refractivity contribution in [2.24, 2.45) is 5.92 Å². The topological polar surface area (TPSA) is 100 Å². The lowest BCUT2D eigenvalue weighted by molar-refractivity contribution is -0.130. The van der Waals surface area contributed by atoms with Crippen molar-refractivity contribution in [2.45, 2.75) is 58.9 Å². The number of urea groups is 1. The number of amides is 3. The summed E-state index contributed by atoms with van der Waals surface area (Å²) in [6.07, 6.45) is -0.533. The van der Waals surface area contributed by atoms with Crippen molar-refractivity contribution in [1.82, 2.24) is 25.7 Å². The largest absolute Gasteiger partial charge is 0.334 e. The second-order valence-electron chi connectivity index (χ2n) is 8.56. The molecule has 1 fully saturated rings. The van der Waals surface area contributed by atoms with Gasteiger partial charge >= 0.3 is 6.03 Å². The first kappa shape index (κ1) is 20.9. The van der Waals surface area contributed by atoms with Gasteiger partial charge in [-0.15, -0.1) is 0 Å². The predicted molar refractivity (Wildman–Crippen MR) is 112 cm³/mol. The molecule has 3 amide bonds. The van der Waals surface area contributed by atoms with Crippen molar-refractivity contribution in [3.63, 3.8) is 0 Å². The first-order chi connectivity index (χ1) is 13.6. The smallest absolute Gasteiger partial charge is 0.320 e. The summed E-state index contributed by atoms with van der Waals surface area (Å²) in [5.41, 5.74) is 1.62. The van der Waals surface area contributed by atoms with E-state index in [2.05, 4.69) is 47.1 Å². The second kappa shape index (κ2) is 8.24. The monoisotopic (exact) mass is 398 g/mol. The number of anilines is 1. The fraction of sp³-hybridized carbons (Fsp3) is 0.476. The fourth-order valence-electron chi connectivity index (χ4n) is 3.05. The lowest BCUT2D eigenvalue weighted by atomic mass is 9.92. The molecule has 2 aromatic rings. The van der Waals surface area contributed by atoms with Crippen LogP contribution in [0.3, 0.4) is 0 Å². The van der Waals surface area contributed by atoms with Crippen molar-refractivity contribution in [3.05, 3.63) is 47.7 Å². The third-order valence-electron chi connectivity index (χ3n) is 5.15. The number of hydrogen-bond acceptors (Lipinski definition) is 4. The lowest BCUT2D eigenvalue weighted by Crippen LogP contribution is -2.57. The van der Waals surface area contributed by atoms with Gasteiger partial charge in [0.05, 0.1) is 11.6 Å². The Morgan fingerprint density at radius 3 is 2.52 bits per heavy atom. The molecule has 1 aliphatic rings. The van der Waals surface area contributed by atoms with E-state index >= 15 is 0 Å². The van der Waals surface area contributed by atoms with E-state index in [1.54, 1.807) is 4.68 Å². The molecular weight excluding hydrogens is 368 g/mol. The van der Waals surface area contributed by atoms with Crippen molar-refractivity contribution >= 4 is 17.8 Å². The zero-order valence-electron chi connectivity index (χ0n) is 17.6. The van der Waals surface area contributed by atoms with Crippen LogP contribution in [0.1, 0.15) is 52.2 Å². The average Bonchev–Trinajstić information content (AvgIpc) is 3.09. The van der Waals surface area contributed by atoms with Crippen LogP contribution in [0, 0.1) is 5.92 Å². The Balaban J connectivity index is 1.78. The van der Waals surface area contributed by atoms with E-state index in [9.17, 15) is 9.59 Å². The van der Waals surface area contributed by atoms with Crippen LogP contribution >= 0.6 is 0 Å². The standard InChI is InChI=1S/C21H30N6O2/c1-13-14(2)23-19(25-18(13)28)27-17(11-16(26-27)21(3,4)5)24-20(29)22-12-15-9-7-6-8-10-15/h6-11,13-14,19,23H,12H2,1-5H3,(H,25,28)(H2,22,24,29). The van der Waals surface area contributed by atoms with Gasteiger partial charge in [-0.05, 0) is 12.5 Å². The molecule has 3 rings (SSSR count). The van der Waals surface area contributed by atoms with E-state index < -0.39 is 6.29 Å². The van der Waals surface area contributed by atoms with Gasteiger partial charge in [-0.2, -0.15) is 5.10 Å². The summed E-state index contributed by atoms with van der Waals surface area (Å²) in [5.74, 6) is 0.322. The van der Waals surface area contributed by atoms with Gasteiger partial charge in [0, 0.05) is 24.1 Å². The third kappa shape index (κ3) is 4.95. The number of rotatable bonds is 4. The quantitative estimate of drug-likeness (QED) is 0.636. The second-order valence-corrected chi connectivity index (χ2v) is 8.56. The summed E-state index contributed by atoms with van der Waals surface area (Å²) in [6, 6.07) is 11.2. The predicted octanol–water partition coefficient (Wildman–Crippen LogP) is 2.70. The number of carbonyl (C=O) groups excluding carboxylic acids is 2. The zero-order valence-corrected chi connectivity index (χ0v) is 17.6. The number of nitrogens with zero attached hydrogens (tertiary/aromatic N) is 2. The van der Waals surface area contributed by atoms with Crippen LogP contribution in [0.4, 0.5) is 10.6 Å². The molecular formula is C21H30N6O2. The van der Waals surface area contributed by atoms with E-state index in [0.717, 1.165) is 11.3 Å². The Labute approximate surface area is 171 Å². The molecule has 3 atom stereocenters. The van der Waals surface area contributed by atoms with Crippen LogP contribution < -0.4 is 21.3 Å². The van der Waals surface area contributed by atoms with E-state index in [1.165, 1.54) is 0 Å². The van der Waals surface area contributed by atoms with Crippen molar-refractivity contribution in [1.29, 1.82) is 0 Å². The van der Waals surface area contributed by atoms with E-state index in [1.807, 2.05) is 50.2 Å². The summed E-state index contributed by atoms with van der Waals surface area (Å²) in [5, 5.41) is 16.7. The van der Waals surface area contributed by atoms with Gasteiger partial charge in [-0.3, -0.25) is 15.4 Å². The Hall–Kier alpha value is -2.87. The molecule has 1 aliphatic heterocycles. The maximum atomic E-state index is 12.5. The molecule has 0 radical (unpaired) electrons. The van der Waals surface area contributed by atoms with Gasteiger partial charge in [0.1, 0.15) is 5.82 Å². The van der Waals surface area contributed by atoms with Crippen LogP contribution in [0.5, 0.6) is 0 Å². The highest BCUT2D eigenvalue weighted by molar-refractivity contribution is 5.88. The molecule has 1 aromatic carbocycles. The van der Waals surface area contributed by atoms with Crippen molar-refractivity contribution < 1.29 is 9.59 Å². The van der Waals surface area contributed by atoms with Gasteiger partial charge in [0.15, 0.2) is 6.29 Å². The number of aromatic nitrogens is 2. The summed E-state index contributed by atoms with van der Waals surface area (Å²) < 4.78 is 1.63. The maximum Gasteiger partial charge on any atom is 0.320 e. The molecule has 0 bridgehead atoms. The molecule has 8 heteroatoms. The first-order valence-electron chi connectivity index (χ1n) is 9.90. The van der Waals surface area contributed by atoms with Crippen molar-refractivity contribution in [3.8, 4) is 0 Å². The Morgan fingerprint density at radius 2 is 1.90 bits per heavy atom. The molecule has 0 spiro atoms. The molecule has 1 saturated heterocycles. The third-order valence-corrected chi connectivity index (χ3v) is 5.15. The van der Waals surface area contributed by atoms with E-state index in [0.29, 0.717) is 12.4 Å². The molecule has 0 aliphatic carbocycles. The number of benzene rings is 1. The Morgan fingerprint density at radius 1 is 1.21 bits per heavy atom. The Kier molecular flexibility index (Phi) is 5.93. The molecule has 1 aromatic heterocycles. The number of nitrogens with one attached hydrogen (secondary N) is 4.